The quantitative estimate of drug-likeness (QED) is 0.527. The summed E-state index contributed by atoms with van der Waals surface area (Å²) in [7, 11) is 4.33. The van der Waals surface area contributed by atoms with Gasteiger partial charge in [0, 0.05) is 29.7 Å². The van der Waals surface area contributed by atoms with E-state index >= 15 is 0 Å². The van der Waals surface area contributed by atoms with E-state index in [4.69, 9.17) is 9.97 Å². The van der Waals surface area contributed by atoms with E-state index in [1.165, 1.54) is 18.9 Å². The zero-order chi connectivity index (χ0) is 23.4. The van der Waals surface area contributed by atoms with Crippen LogP contribution in [-0.4, -0.2) is 68.7 Å². The van der Waals surface area contributed by atoms with E-state index in [0.717, 1.165) is 56.2 Å². The number of fused-ring (bicyclic) bond motifs is 1. The first kappa shape index (κ1) is 23.5. The van der Waals surface area contributed by atoms with Gasteiger partial charge in [0.1, 0.15) is 0 Å². The van der Waals surface area contributed by atoms with Crippen LogP contribution in [0.4, 0.5) is 11.9 Å². The number of carbonyl (C=O) groups is 1. The second kappa shape index (κ2) is 10.5. The first-order valence-electron chi connectivity index (χ1n) is 12.3. The third-order valence-corrected chi connectivity index (χ3v) is 7.12. The van der Waals surface area contributed by atoms with Crippen molar-refractivity contribution in [1.82, 2.24) is 29.8 Å². The molecule has 1 amide bonds. The number of hydrogen-bond acceptors (Lipinski definition) is 7. The van der Waals surface area contributed by atoms with Gasteiger partial charge < -0.3 is 20.9 Å². The monoisotopic (exact) mass is 454 g/mol. The fourth-order valence-corrected chi connectivity index (χ4v) is 5.14. The van der Waals surface area contributed by atoms with Gasteiger partial charge in [-0.1, -0.05) is 13.5 Å². The summed E-state index contributed by atoms with van der Waals surface area (Å²) < 4.78 is 1.82. The summed E-state index contributed by atoms with van der Waals surface area (Å²) in [4.78, 5) is 23.8. The van der Waals surface area contributed by atoms with Crippen molar-refractivity contribution in [3.8, 4) is 0 Å². The van der Waals surface area contributed by atoms with Crippen LogP contribution < -0.4 is 16.0 Å². The Kier molecular flexibility index (Phi) is 7.47. The molecule has 2 heterocycles. The van der Waals surface area contributed by atoms with Gasteiger partial charge in [0.15, 0.2) is 5.65 Å². The van der Waals surface area contributed by atoms with Crippen LogP contribution in [-0.2, 0) is 11.2 Å². The molecule has 2 unspecified atom stereocenters. The fraction of sp³-hybridized carbons (Fsp3) is 0.667. The molecule has 2 fully saturated rings. The van der Waals surface area contributed by atoms with Crippen molar-refractivity contribution in [2.24, 2.45) is 0 Å². The van der Waals surface area contributed by atoms with E-state index in [0.29, 0.717) is 24.0 Å². The van der Waals surface area contributed by atoms with Crippen LogP contribution in [0.1, 0.15) is 63.9 Å². The first-order chi connectivity index (χ1) is 16.0. The average molecular weight is 455 g/mol. The zero-order valence-electron chi connectivity index (χ0n) is 20.2. The Morgan fingerprint density at radius 1 is 1.12 bits per heavy atom. The van der Waals surface area contributed by atoms with Crippen molar-refractivity contribution >= 4 is 23.5 Å². The molecule has 3 N–H and O–H groups in total. The lowest BCUT2D eigenvalue weighted by Crippen LogP contribution is -2.41. The summed E-state index contributed by atoms with van der Waals surface area (Å²) in [6, 6.07) is 1.40. The molecule has 9 heteroatoms. The van der Waals surface area contributed by atoms with E-state index < -0.39 is 0 Å². The molecule has 9 nitrogen and oxygen atoms in total. The van der Waals surface area contributed by atoms with Gasteiger partial charge in [-0.05, 0) is 78.0 Å². The van der Waals surface area contributed by atoms with Crippen LogP contribution in [0.15, 0.2) is 18.9 Å². The second-order valence-electron chi connectivity index (χ2n) is 9.66. The van der Waals surface area contributed by atoms with E-state index in [1.807, 2.05) is 10.7 Å². The molecule has 0 aromatic carbocycles. The van der Waals surface area contributed by atoms with E-state index in [1.54, 1.807) is 0 Å². The molecule has 2 saturated carbocycles. The molecule has 2 atom stereocenters. The van der Waals surface area contributed by atoms with E-state index in [-0.39, 0.29) is 18.0 Å². The first-order valence-corrected chi connectivity index (χ1v) is 12.3. The predicted octanol–water partition coefficient (Wildman–Crippen LogP) is 3.00. The Hall–Kier alpha value is -2.68. The molecular weight excluding hydrogens is 416 g/mol. The molecule has 0 radical (unpaired) electrons. The summed E-state index contributed by atoms with van der Waals surface area (Å²) >= 11 is 0. The maximum absolute atomic E-state index is 11.8. The van der Waals surface area contributed by atoms with Crippen LogP contribution >= 0.6 is 0 Å². The van der Waals surface area contributed by atoms with Gasteiger partial charge in [0.2, 0.25) is 17.8 Å². The largest absolute Gasteiger partial charge is 0.351 e. The highest BCUT2D eigenvalue weighted by molar-refractivity contribution is 5.87. The van der Waals surface area contributed by atoms with Crippen molar-refractivity contribution in [1.29, 1.82) is 0 Å². The standard InChI is InChI=1S/C24H38N8O/c1-5-16-15-25-32-22(16)29-23(27-17-10-12-20(13-11-17)31(3)4)30-24(32)28-19-9-7-8-18(14-19)26-21(33)6-2/h6,15,17-20H,2,5,7-14H2,1,3-4H3,(H,26,33)(H2,27,28,29,30)/t17-,18?,19?,20-. The number of aromatic nitrogens is 4. The molecule has 2 aliphatic carbocycles. The minimum atomic E-state index is -0.111. The van der Waals surface area contributed by atoms with Gasteiger partial charge in [-0.3, -0.25) is 4.79 Å². The lowest BCUT2D eigenvalue weighted by molar-refractivity contribution is -0.117. The maximum atomic E-state index is 11.8. The molecule has 2 aliphatic rings. The number of anilines is 2. The van der Waals surface area contributed by atoms with Crippen molar-refractivity contribution in [3.05, 3.63) is 24.4 Å². The fourth-order valence-electron chi connectivity index (χ4n) is 5.14. The molecule has 0 spiro atoms. The maximum Gasteiger partial charge on any atom is 0.243 e. The Morgan fingerprint density at radius 3 is 2.58 bits per heavy atom. The SMILES string of the molecule is C=CC(=O)NC1CCCC(Nc2nc(N[C@H]3CC[C@H](N(C)C)CC3)nc3c(CC)cnn23)C1. The molecule has 4 rings (SSSR count). The van der Waals surface area contributed by atoms with Crippen LogP contribution in [0.25, 0.3) is 5.65 Å². The number of amides is 1. The summed E-state index contributed by atoms with van der Waals surface area (Å²) in [5.41, 5.74) is 1.96. The van der Waals surface area contributed by atoms with E-state index in [2.05, 4.69) is 53.5 Å². The highest BCUT2D eigenvalue weighted by Gasteiger charge is 2.26. The Morgan fingerprint density at radius 2 is 1.88 bits per heavy atom. The number of aryl methyl sites for hydroxylation is 1. The highest BCUT2D eigenvalue weighted by Crippen LogP contribution is 2.26. The molecule has 0 saturated heterocycles. The molecule has 33 heavy (non-hydrogen) atoms. The topological polar surface area (TPSA) is 99.5 Å². The van der Waals surface area contributed by atoms with Gasteiger partial charge in [-0.25, -0.2) is 0 Å². The number of nitrogens with zero attached hydrogens (tertiary/aromatic N) is 5. The minimum absolute atomic E-state index is 0.111. The molecule has 0 aliphatic heterocycles. The average Bonchev–Trinajstić information content (AvgIpc) is 3.23. The Bertz CT molecular complexity index is 963. The van der Waals surface area contributed by atoms with Gasteiger partial charge in [-0.15, -0.1) is 0 Å². The third kappa shape index (κ3) is 5.63. The number of hydrogen-bond donors (Lipinski definition) is 3. The smallest absolute Gasteiger partial charge is 0.243 e. The second-order valence-corrected chi connectivity index (χ2v) is 9.66. The molecule has 2 aromatic rings. The predicted molar refractivity (Wildman–Crippen MR) is 132 cm³/mol. The molecular formula is C24H38N8O. The summed E-state index contributed by atoms with van der Waals surface area (Å²) in [5.74, 6) is 1.27. The minimum Gasteiger partial charge on any atom is -0.351 e. The van der Waals surface area contributed by atoms with Crippen molar-refractivity contribution in [2.75, 3.05) is 24.7 Å². The van der Waals surface area contributed by atoms with Crippen LogP contribution in [0.5, 0.6) is 0 Å². The number of rotatable bonds is 8. The van der Waals surface area contributed by atoms with Gasteiger partial charge in [-0.2, -0.15) is 19.6 Å². The normalized spacial score (nSPS) is 25.7. The summed E-state index contributed by atoms with van der Waals surface area (Å²) in [6.45, 7) is 5.68. The Balaban J connectivity index is 1.50. The van der Waals surface area contributed by atoms with Crippen molar-refractivity contribution in [2.45, 2.75) is 88.9 Å². The van der Waals surface area contributed by atoms with Gasteiger partial charge in [0.25, 0.3) is 0 Å². The molecule has 0 bridgehead atoms. The molecule has 180 valence electrons. The number of nitrogens with one attached hydrogen (secondary N) is 3. The third-order valence-electron chi connectivity index (χ3n) is 7.12. The van der Waals surface area contributed by atoms with Gasteiger partial charge >= 0.3 is 0 Å². The molecule has 2 aromatic heterocycles. The Labute approximate surface area is 196 Å². The summed E-state index contributed by atoms with van der Waals surface area (Å²) in [5, 5.41) is 14.8. The zero-order valence-corrected chi connectivity index (χ0v) is 20.2. The van der Waals surface area contributed by atoms with Crippen LogP contribution in [0.2, 0.25) is 0 Å². The van der Waals surface area contributed by atoms with E-state index in [9.17, 15) is 4.79 Å². The van der Waals surface area contributed by atoms with Crippen LogP contribution in [0, 0.1) is 0 Å². The van der Waals surface area contributed by atoms with Crippen LogP contribution in [0.3, 0.4) is 0 Å². The number of carbonyl (C=O) groups excluding carboxylic acids is 1. The summed E-state index contributed by atoms with van der Waals surface area (Å²) in [6.07, 6.45) is 12.6. The lowest BCUT2D eigenvalue weighted by Gasteiger charge is -2.33. The van der Waals surface area contributed by atoms with Crippen molar-refractivity contribution in [3.63, 3.8) is 0 Å². The lowest BCUT2D eigenvalue weighted by atomic mass is 9.90. The van der Waals surface area contributed by atoms with Gasteiger partial charge in [0.05, 0.1) is 6.20 Å². The highest BCUT2D eigenvalue weighted by atomic mass is 16.1. The van der Waals surface area contributed by atoms with Crippen molar-refractivity contribution < 1.29 is 4.79 Å².